The molecule has 0 amide bonds. The minimum atomic E-state index is -0.210. The minimum Gasteiger partial charge on any atom is -0.512 e. The van der Waals surface area contributed by atoms with Gasteiger partial charge in [-0.3, -0.25) is 4.90 Å². The molecule has 174 valence electrons. The number of likely N-dealkylation sites (tertiary alicyclic amines) is 1. The highest BCUT2D eigenvalue weighted by Gasteiger charge is 2.35. The van der Waals surface area contributed by atoms with E-state index in [1.54, 1.807) is 23.9 Å². The number of ether oxygens (including phenoxy) is 2. The average molecular weight is 466 g/mol. The van der Waals surface area contributed by atoms with E-state index in [4.69, 9.17) is 9.47 Å². The van der Waals surface area contributed by atoms with Gasteiger partial charge in [0.25, 0.3) is 0 Å². The lowest BCUT2D eigenvalue weighted by atomic mass is 9.95. The Bertz CT molecular complexity index is 1040. The Balaban J connectivity index is 1.35. The first-order valence-corrected chi connectivity index (χ1v) is 12.7. The summed E-state index contributed by atoms with van der Waals surface area (Å²) in [5.74, 6) is 2.26. The van der Waals surface area contributed by atoms with E-state index in [1.807, 2.05) is 24.3 Å². The second kappa shape index (κ2) is 9.74. The van der Waals surface area contributed by atoms with Crippen LogP contribution in [0.15, 0.2) is 70.8 Å². The normalized spacial score (nSPS) is 23.8. The van der Waals surface area contributed by atoms with E-state index in [2.05, 4.69) is 30.0 Å². The molecule has 3 atom stereocenters. The van der Waals surface area contributed by atoms with Crippen molar-refractivity contribution < 1.29 is 19.7 Å². The Hall–Kier alpha value is -2.57. The summed E-state index contributed by atoms with van der Waals surface area (Å²) < 4.78 is 12.5. The lowest BCUT2D eigenvalue weighted by Crippen LogP contribution is -2.34. The van der Waals surface area contributed by atoms with Crippen molar-refractivity contribution in [3.8, 4) is 17.2 Å². The summed E-state index contributed by atoms with van der Waals surface area (Å²) in [6.07, 6.45) is 7.89. The van der Waals surface area contributed by atoms with Crippen LogP contribution in [0, 0.1) is 0 Å². The number of fused-ring (bicyclic) bond motifs is 1. The third kappa shape index (κ3) is 5.02. The van der Waals surface area contributed by atoms with Gasteiger partial charge in [-0.2, -0.15) is 0 Å². The highest BCUT2D eigenvalue weighted by Crippen LogP contribution is 2.49. The number of aliphatic hydroxyl groups is 1. The number of hydrogen-bond donors (Lipinski definition) is 2. The van der Waals surface area contributed by atoms with Crippen LogP contribution in [-0.4, -0.2) is 46.1 Å². The van der Waals surface area contributed by atoms with Crippen molar-refractivity contribution in [1.29, 1.82) is 0 Å². The first-order valence-electron chi connectivity index (χ1n) is 11.8. The SMILES string of the molecule is C[C@@H](COc1ccc([C@@H]2Oc3ccc(O)cc3S[C@@H]2C2=CCCC(O)=C2)cc1)N1CCCC1. The molecule has 6 heteroatoms. The maximum Gasteiger partial charge on any atom is 0.140 e. The topological polar surface area (TPSA) is 62.2 Å². The van der Waals surface area contributed by atoms with Crippen LogP contribution in [0.1, 0.15) is 44.3 Å². The predicted octanol–water partition coefficient (Wildman–Crippen LogP) is 6.01. The molecule has 2 heterocycles. The van der Waals surface area contributed by atoms with E-state index >= 15 is 0 Å². The molecule has 1 aliphatic carbocycles. The van der Waals surface area contributed by atoms with Gasteiger partial charge in [0, 0.05) is 12.5 Å². The van der Waals surface area contributed by atoms with Gasteiger partial charge in [0.05, 0.1) is 15.9 Å². The van der Waals surface area contributed by atoms with E-state index in [9.17, 15) is 10.2 Å². The number of allylic oxidation sites excluding steroid dienone is 3. The fraction of sp³-hybridized carbons (Fsp3) is 0.407. The number of hydrogen-bond acceptors (Lipinski definition) is 6. The van der Waals surface area contributed by atoms with Gasteiger partial charge in [-0.05, 0) is 86.8 Å². The van der Waals surface area contributed by atoms with Crippen molar-refractivity contribution in [3.63, 3.8) is 0 Å². The van der Waals surface area contributed by atoms with E-state index in [0.717, 1.165) is 34.0 Å². The van der Waals surface area contributed by atoms with Gasteiger partial charge in [-0.25, -0.2) is 0 Å². The Morgan fingerprint density at radius 3 is 2.67 bits per heavy atom. The van der Waals surface area contributed by atoms with Crippen LogP contribution in [0.25, 0.3) is 0 Å². The van der Waals surface area contributed by atoms with Gasteiger partial charge < -0.3 is 19.7 Å². The molecule has 0 saturated carbocycles. The number of nitrogens with zero attached hydrogens (tertiary/aromatic N) is 1. The molecule has 2 aromatic carbocycles. The van der Waals surface area contributed by atoms with E-state index < -0.39 is 0 Å². The van der Waals surface area contributed by atoms with Gasteiger partial charge in [-0.15, -0.1) is 11.8 Å². The molecule has 5 rings (SSSR count). The molecule has 2 aromatic rings. The van der Waals surface area contributed by atoms with Gasteiger partial charge >= 0.3 is 0 Å². The summed E-state index contributed by atoms with van der Waals surface area (Å²) in [6.45, 7) is 5.25. The van der Waals surface area contributed by atoms with Crippen LogP contribution in [0.4, 0.5) is 0 Å². The number of thioether (sulfide) groups is 1. The van der Waals surface area contributed by atoms with Crippen molar-refractivity contribution in [2.45, 2.75) is 54.9 Å². The fourth-order valence-electron chi connectivity index (χ4n) is 4.74. The standard InChI is InChI=1S/C27H31NO4S/c1-18(28-13-2-3-14-28)17-31-23-10-7-19(8-11-23)26-27(20-5-4-6-21(29)15-20)33-25-16-22(30)9-12-24(25)32-26/h5,7-12,15-16,18,26-27,29-30H,2-4,6,13-14,17H2,1H3/t18-,26-,27+/m0/s1. The third-order valence-corrected chi connectivity index (χ3v) is 7.96. The number of aromatic hydroxyl groups is 1. The van der Waals surface area contributed by atoms with Crippen molar-refractivity contribution >= 4 is 11.8 Å². The lowest BCUT2D eigenvalue weighted by molar-refractivity contribution is 0.172. The van der Waals surface area contributed by atoms with E-state index in [-0.39, 0.29) is 17.1 Å². The first kappa shape index (κ1) is 22.2. The van der Waals surface area contributed by atoms with Gasteiger partial charge in [0.2, 0.25) is 0 Å². The third-order valence-electron chi connectivity index (χ3n) is 6.62. The smallest absolute Gasteiger partial charge is 0.140 e. The quantitative estimate of drug-likeness (QED) is 0.545. The number of aliphatic hydroxyl groups excluding tert-OH is 1. The van der Waals surface area contributed by atoms with Crippen LogP contribution in [-0.2, 0) is 0 Å². The molecule has 2 N–H and O–H groups in total. The summed E-state index contributed by atoms with van der Waals surface area (Å²) in [5, 5.41) is 20.1. The lowest BCUT2D eigenvalue weighted by Gasteiger charge is -2.35. The van der Waals surface area contributed by atoms with Crippen molar-refractivity contribution in [2.24, 2.45) is 0 Å². The Morgan fingerprint density at radius 2 is 1.91 bits per heavy atom. The Kier molecular flexibility index (Phi) is 6.56. The first-order chi connectivity index (χ1) is 16.1. The molecule has 5 nitrogen and oxygen atoms in total. The molecule has 0 unspecified atom stereocenters. The molecule has 33 heavy (non-hydrogen) atoms. The van der Waals surface area contributed by atoms with Crippen LogP contribution >= 0.6 is 11.8 Å². The second-order valence-electron chi connectivity index (χ2n) is 9.06. The fourth-order valence-corrected chi connectivity index (χ4v) is 6.07. The maximum atomic E-state index is 10.1. The molecular formula is C27H31NO4S. The molecule has 1 fully saturated rings. The van der Waals surface area contributed by atoms with Gasteiger partial charge in [0.15, 0.2) is 0 Å². The van der Waals surface area contributed by atoms with Crippen LogP contribution in [0.5, 0.6) is 17.2 Å². The molecule has 1 saturated heterocycles. The molecule has 3 aliphatic rings. The minimum absolute atomic E-state index is 0.0243. The zero-order chi connectivity index (χ0) is 22.8. The average Bonchev–Trinajstić information content (AvgIpc) is 3.37. The second-order valence-corrected chi connectivity index (χ2v) is 10.2. The zero-order valence-corrected chi connectivity index (χ0v) is 19.8. The molecule has 0 aromatic heterocycles. The summed E-state index contributed by atoms with van der Waals surface area (Å²) in [7, 11) is 0. The summed E-state index contributed by atoms with van der Waals surface area (Å²) in [4.78, 5) is 3.40. The van der Waals surface area contributed by atoms with Gasteiger partial charge in [0.1, 0.15) is 30.0 Å². The Labute approximate surface area is 199 Å². The number of rotatable bonds is 6. The molecule has 0 bridgehead atoms. The van der Waals surface area contributed by atoms with Crippen LogP contribution in [0.2, 0.25) is 0 Å². The van der Waals surface area contributed by atoms with E-state index in [0.29, 0.717) is 24.8 Å². The summed E-state index contributed by atoms with van der Waals surface area (Å²) in [6, 6.07) is 13.8. The van der Waals surface area contributed by atoms with Crippen LogP contribution in [0.3, 0.4) is 0 Å². The number of benzene rings is 2. The summed E-state index contributed by atoms with van der Waals surface area (Å²) in [5.41, 5.74) is 2.12. The molecular weight excluding hydrogens is 434 g/mol. The largest absolute Gasteiger partial charge is 0.512 e. The summed E-state index contributed by atoms with van der Waals surface area (Å²) >= 11 is 1.67. The van der Waals surface area contributed by atoms with Crippen molar-refractivity contribution in [2.75, 3.05) is 19.7 Å². The Morgan fingerprint density at radius 1 is 1.12 bits per heavy atom. The van der Waals surface area contributed by atoms with Gasteiger partial charge in [-0.1, -0.05) is 18.2 Å². The zero-order valence-electron chi connectivity index (χ0n) is 18.9. The highest BCUT2D eigenvalue weighted by molar-refractivity contribution is 8.00. The predicted molar refractivity (Wildman–Crippen MR) is 131 cm³/mol. The maximum absolute atomic E-state index is 10.1. The molecule has 0 radical (unpaired) electrons. The monoisotopic (exact) mass is 465 g/mol. The van der Waals surface area contributed by atoms with E-state index in [1.165, 1.54) is 25.9 Å². The molecule has 0 spiro atoms. The number of phenols is 1. The van der Waals surface area contributed by atoms with Crippen molar-refractivity contribution in [3.05, 3.63) is 71.5 Å². The number of phenolic OH excluding ortho intramolecular Hbond substituents is 1. The molecule has 2 aliphatic heterocycles. The van der Waals surface area contributed by atoms with Crippen molar-refractivity contribution in [1.82, 2.24) is 4.90 Å². The highest BCUT2D eigenvalue weighted by atomic mass is 32.2. The van der Waals surface area contributed by atoms with Crippen LogP contribution < -0.4 is 9.47 Å².